The van der Waals surface area contributed by atoms with Gasteiger partial charge >= 0.3 is 53.5 Å². The van der Waals surface area contributed by atoms with Crippen LogP contribution in [0.5, 0.6) is 0 Å². The molecule has 208 valence electrons. The van der Waals surface area contributed by atoms with Crippen molar-refractivity contribution in [2.75, 3.05) is 0 Å². The third-order valence-electron chi connectivity index (χ3n) is 6.83. The van der Waals surface area contributed by atoms with Gasteiger partial charge in [-0.1, -0.05) is 39.8 Å². The zero-order chi connectivity index (χ0) is 28.8. The first-order valence-corrected chi connectivity index (χ1v) is 26.1. The van der Waals surface area contributed by atoms with E-state index in [9.17, 15) is 0 Å². The molecule has 6 aromatic rings. The van der Waals surface area contributed by atoms with Crippen LogP contribution in [0, 0.1) is 0 Å². The van der Waals surface area contributed by atoms with Gasteiger partial charge in [-0.2, -0.15) is 12.1 Å². The number of rotatable bonds is 4. The van der Waals surface area contributed by atoms with Crippen LogP contribution in [0.3, 0.4) is 0 Å². The Balaban J connectivity index is 0.000000155. The normalized spacial score (nSPS) is 10.9. The van der Waals surface area contributed by atoms with Crippen molar-refractivity contribution >= 4 is 44.0 Å². The summed E-state index contributed by atoms with van der Waals surface area (Å²) in [7, 11) is 11.2. The van der Waals surface area contributed by atoms with Gasteiger partial charge in [-0.3, -0.25) is 0 Å². The van der Waals surface area contributed by atoms with Crippen molar-refractivity contribution in [2.24, 2.45) is 0 Å². The van der Waals surface area contributed by atoms with E-state index in [2.05, 4.69) is 101 Å². The van der Waals surface area contributed by atoms with Crippen molar-refractivity contribution in [1.82, 2.24) is 0 Å². The molecule has 0 atom stereocenters. The van der Waals surface area contributed by atoms with Crippen LogP contribution in [0.25, 0.3) is 44.2 Å². The molecule has 6 heteroatoms. The van der Waals surface area contributed by atoms with Gasteiger partial charge in [0.25, 0.3) is 0 Å². The molecule has 0 aliphatic heterocycles. The summed E-state index contributed by atoms with van der Waals surface area (Å²) in [6.45, 7) is 13.2. The molecule has 0 aliphatic rings. The quantitative estimate of drug-likeness (QED) is 0.138. The van der Waals surface area contributed by atoms with Crippen molar-refractivity contribution in [3.63, 3.8) is 0 Å². The van der Waals surface area contributed by atoms with Gasteiger partial charge in [-0.05, 0) is 47.2 Å². The van der Waals surface area contributed by atoms with E-state index in [0.29, 0.717) is 11.8 Å². The van der Waals surface area contributed by atoms with Crippen LogP contribution < -0.4 is 0 Å². The summed E-state index contributed by atoms with van der Waals surface area (Å²) in [6.07, 6.45) is 3.45. The number of fused-ring (bicyclic) bond motifs is 2. The number of furan rings is 2. The average Bonchev–Trinajstić information content (AvgIpc) is 3.74. The monoisotopic (exact) mass is 664 g/mol. The molecule has 0 spiro atoms. The first-order valence-electron chi connectivity index (χ1n) is 13.6. The standard InChI is InChI=1S/2C16H15O.C2H6Si.2ClH.Zr/c2*1-11(2)13-9-12-5-3-6-14(15(12)10-13)16-7-4-8-17-16;1-3-2;;;/h2*3-11H,1-2H3;1-2H3;2*1H;/q2*-1;;;;+2/p-2. The molecule has 0 radical (unpaired) electrons. The summed E-state index contributed by atoms with van der Waals surface area (Å²) in [5.41, 5.74) is 4.91. The average molecular weight is 667 g/mol. The van der Waals surface area contributed by atoms with Crippen molar-refractivity contribution in [3.05, 3.63) is 109 Å². The Kier molecular flexibility index (Phi) is 10.9. The molecule has 0 bridgehead atoms. The van der Waals surface area contributed by atoms with E-state index in [4.69, 9.17) is 25.9 Å². The first kappa shape index (κ1) is 30.8. The van der Waals surface area contributed by atoms with Crippen LogP contribution in [-0.4, -0.2) is 5.43 Å². The van der Waals surface area contributed by atoms with Crippen LogP contribution >= 0.6 is 17.0 Å². The van der Waals surface area contributed by atoms with Gasteiger partial charge in [0.05, 0.1) is 12.5 Å². The van der Waals surface area contributed by atoms with E-state index in [1.807, 2.05) is 24.3 Å². The SMILES string of the molecule is CC(C)c1cc2c(-c3ccco3)cccc2[cH-]1.CC(C)c1cc2c(-c3ccco3)cccc2[cH-]1.C[Si](C)=[Zr]([Cl])[Cl]. The molecule has 0 aliphatic carbocycles. The summed E-state index contributed by atoms with van der Waals surface area (Å²) in [5, 5.41) is 5.16. The number of hydrogen-bond acceptors (Lipinski definition) is 2. The van der Waals surface area contributed by atoms with Gasteiger partial charge in [-0.25, -0.2) is 0 Å². The van der Waals surface area contributed by atoms with Gasteiger partial charge in [0, 0.05) is 0 Å². The second-order valence-electron chi connectivity index (χ2n) is 10.7. The van der Waals surface area contributed by atoms with E-state index >= 15 is 0 Å². The van der Waals surface area contributed by atoms with Gasteiger partial charge in [0.1, 0.15) is 11.5 Å². The molecular weight excluding hydrogens is 631 g/mol. The Bertz CT molecular complexity index is 1550. The number of benzene rings is 2. The molecule has 0 unspecified atom stereocenters. The van der Waals surface area contributed by atoms with Crippen molar-refractivity contribution in [2.45, 2.75) is 52.6 Å². The van der Waals surface area contributed by atoms with Crippen LogP contribution in [0.15, 0.2) is 106 Å². The minimum absolute atomic E-state index is 0.224. The molecule has 0 N–H and O–H groups in total. The summed E-state index contributed by atoms with van der Waals surface area (Å²) in [5.74, 6) is 3.01. The predicted octanol–water partition coefficient (Wildman–Crippen LogP) is 12.0. The zero-order valence-electron chi connectivity index (χ0n) is 24.0. The van der Waals surface area contributed by atoms with E-state index < -0.39 is 18.0 Å². The van der Waals surface area contributed by atoms with E-state index in [1.54, 1.807) is 12.5 Å². The van der Waals surface area contributed by atoms with Gasteiger partial charge in [-0.15, -0.1) is 69.1 Å². The van der Waals surface area contributed by atoms with Crippen molar-refractivity contribution in [3.8, 4) is 22.6 Å². The Morgan fingerprint density at radius 2 is 1.05 bits per heavy atom. The molecule has 0 saturated heterocycles. The van der Waals surface area contributed by atoms with Crippen LogP contribution in [0.2, 0.25) is 13.1 Å². The van der Waals surface area contributed by atoms with Crippen LogP contribution in [-0.2, 0) is 18.0 Å². The third-order valence-corrected chi connectivity index (χ3v) is 26.6. The molecule has 4 aromatic carbocycles. The molecule has 6 rings (SSSR count). The zero-order valence-corrected chi connectivity index (χ0v) is 28.9. The molecule has 40 heavy (non-hydrogen) atoms. The fraction of sp³-hybridized carbons (Fsp3) is 0.235. The molecule has 0 saturated carbocycles. The Hall–Kier alpha value is -2.10. The molecule has 0 amide bonds. The van der Waals surface area contributed by atoms with Gasteiger partial charge < -0.3 is 8.83 Å². The fourth-order valence-corrected chi connectivity index (χ4v) is 4.48. The van der Waals surface area contributed by atoms with Gasteiger partial charge in [0.2, 0.25) is 0 Å². The third kappa shape index (κ3) is 7.59. The van der Waals surface area contributed by atoms with Crippen LogP contribution in [0.1, 0.15) is 50.7 Å². The van der Waals surface area contributed by atoms with Crippen molar-refractivity contribution in [1.29, 1.82) is 0 Å². The van der Waals surface area contributed by atoms with E-state index in [0.717, 1.165) is 11.5 Å². The summed E-state index contributed by atoms with van der Waals surface area (Å²) in [6, 6.07) is 29.7. The summed E-state index contributed by atoms with van der Waals surface area (Å²) in [4.78, 5) is 0. The van der Waals surface area contributed by atoms with Crippen LogP contribution in [0.4, 0.5) is 0 Å². The fourth-order valence-electron chi connectivity index (χ4n) is 4.48. The molecule has 2 heterocycles. The minimum atomic E-state index is -1.65. The maximum absolute atomic E-state index is 5.62. The molecule has 0 fully saturated rings. The summed E-state index contributed by atoms with van der Waals surface area (Å²) >= 11 is -1.65. The van der Waals surface area contributed by atoms with Gasteiger partial charge in [0.15, 0.2) is 0 Å². The molecular formula is C34H36Cl2O2SiZr-2. The summed E-state index contributed by atoms with van der Waals surface area (Å²) < 4.78 is 11.0. The molecule has 2 nitrogen and oxygen atoms in total. The first-order chi connectivity index (χ1) is 19.2. The Morgan fingerprint density at radius 3 is 1.35 bits per heavy atom. The topological polar surface area (TPSA) is 26.3 Å². The second-order valence-corrected chi connectivity index (χ2v) is 33.7. The Labute approximate surface area is 252 Å². The maximum atomic E-state index is 5.62. The number of halogens is 2. The number of hydrogen-bond donors (Lipinski definition) is 0. The van der Waals surface area contributed by atoms with E-state index in [1.165, 1.54) is 43.8 Å². The van der Waals surface area contributed by atoms with Crippen molar-refractivity contribution < 1.29 is 26.8 Å². The van der Waals surface area contributed by atoms with E-state index in [-0.39, 0.29) is 5.43 Å². The Morgan fingerprint density at radius 1 is 0.650 bits per heavy atom. The molecule has 2 aromatic heterocycles. The predicted molar refractivity (Wildman–Crippen MR) is 172 cm³/mol. The second kappa shape index (κ2) is 14.2.